The monoisotopic (exact) mass is 262 g/mol. The highest BCUT2D eigenvalue weighted by molar-refractivity contribution is 5.56. The summed E-state index contributed by atoms with van der Waals surface area (Å²) < 4.78 is 1.31. The van der Waals surface area contributed by atoms with Crippen molar-refractivity contribution in [3.05, 3.63) is 45.3 Å². The van der Waals surface area contributed by atoms with Crippen LogP contribution in [-0.4, -0.2) is 25.0 Å². The second-order valence-electron chi connectivity index (χ2n) is 4.45. The minimum absolute atomic E-state index is 0.0369. The molecule has 0 aliphatic rings. The number of nitrogens with zero attached hydrogens (tertiary/aromatic N) is 4. The first-order chi connectivity index (χ1) is 8.90. The summed E-state index contributed by atoms with van der Waals surface area (Å²) in [6.45, 7) is 5.24. The molecule has 1 heterocycles. The van der Waals surface area contributed by atoms with Gasteiger partial charge in [-0.25, -0.2) is 4.68 Å². The number of nitro groups is 1. The molecule has 0 amide bonds. The average Bonchev–Trinajstić information content (AvgIpc) is 2.81. The fourth-order valence-electron chi connectivity index (χ4n) is 1.70. The lowest BCUT2D eigenvalue weighted by Crippen LogP contribution is -2.02. The zero-order chi connectivity index (χ0) is 14.2. The number of rotatable bonds is 3. The zero-order valence-corrected chi connectivity index (χ0v) is 10.9. The van der Waals surface area contributed by atoms with Gasteiger partial charge in [-0.1, -0.05) is 5.21 Å². The smallest absolute Gasteiger partial charge is 0.295 e. The topological polar surface area (TPSA) is 94.1 Å². The van der Waals surface area contributed by atoms with Gasteiger partial charge in [0.25, 0.3) is 5.69 Å². The molecule has 2 rings (SSSR count). The van der Waals surface area contributed by atoms with Gasteiger partial charge in [0.2, 0.25) is 0 Å². The van der Waals surface area contributed by atoms with E-state index in [1.165, 1.54) is 16.9 Å². The van der Waals surface area contributed by atoms with Gasteiger partial charge in [0.05, 0.1) is 17.2 Å². The summed E-state index contributed by atoms with van der Waals surface area (Å²) in [5, 5.41) is 28.1. The summed E-state index contributed by atoms with van der Waals surface area (Å²) in [5.74, 6) is 0. The van der Waals surface area contributed by atoms with E-state index in [-0.39, 0.29) is 5.69 Å². The maximum Gasteiger partial charge on any atom is 0.295 e. The van der Waals surface area contributed by atoms with Crippen LogP contribution in [0.3, 0.4) is 0 Å². The summed E-state index contributed by atoms with van der Waals surface area (Å²) in [4.78, 5) is 10.6. The molecular formula is C12H14N4O3. The van der Waals surface area contributed by atoms with Crippen LogP contribution >= 0.6 is 0 Å². The van der Waals surface area contributed by atoms with Crippen molar-refractivity contribution in [2.75, 3.05) is 0 Å². The molecule has 0 bridgehead atoms. The van der Waals surface area contributed by atoms with Crippen molar-refractivity contribution >= 4 is 5.69 Å². The number of hydrogen-bond donors (Lipinski definition) is 1. The first-order valence-corrected chi connectivity index (χ1v) is 5.76. The molecule has 1 aromatic heterocycles. The van der Waals surface area contributed by atoms with E-state index in [1.807, 2.05) is 13.8 Å². The minimum atomic E-state index is -0.764. The fraction of sp³-hybridized carbons (Fsp3) is 0.333. The molecule has 0 spiro atoms. The maximum absolute atomic E-state index is 11.1. The number of aryl methyl sites for hydroxylation is 2. The Hall–Kier alpha value is -2.28. The minimum Gasteiger partial charge on any atom is -0.387 e. The van der Waals surface area contributed by atoms with Crippen LogP contribution in [-0.2, 0) is 0 Å². The van der Waals surface area contributed by atoms with E-state index in [0.717, 1.165) is 11.1 Å². The highest BCUT2D eigenvalue weighted by atomic mass is 16.6. The Bertz CT molecular complexity index is 634. The van der Waals surface area contributed by atoms with Crippen LogP contribution in [0.1, 0.15) is 29.8 Å². The molecule has 0 aliphatic carbocycles. The first kappa shape index (κ1) is 13.2. The quantitative estimate of drug-likeness (QED) is 0.672. The van der Waals surface area contributed by atoms with E-state index in [0.29, 0.717) is 11.4 Å². The largest absolute Gasteiger partial charge is 0.387 e. The summed E-state index contributed by atoms with van der Waals surface area (Å²) in [6.07, 6.45) is 0.723. The number of aliphatic hydroxyl groups is 1. The van der Waals surface area contributed by atoms with Gasteiger partial charge in [0.15, 0.2) is 0 Å². The van der Waals surface area contributed by atoms with Crippen LogP contribution in [0.25, 0.3) is 5.69 Å². The first-order valence-electron chi connectivity index (χ1n) is 5.76. The van der Waals surface area contributed by atoms with E-state index in [1.54, 1.807) is 13.0 Å². The Morgan fingerprint density at radius 1 is 1.37 bits per heavy atom. The highest BCUT2D eigenvalue weighted by Crippen LogP contribution is 2.26. The Morgan fingerprint density at radius 3 is 2.53 bits per heavy atom. The van der Waals surface area contributed by atoms with E-state index < -0.39 is 11.0 Å². The molecule has 0 fully saturated rings. The van der Waals surface area contributed by atoms with E-state index in [2.05, 4.69) is 10.3 Å². The molecular weight excluding hydrogens is 248 g/mol. The van der Waals surface area contributed by atoms with Gasteiger partial charge in [0.1, 0.15) is 11.4 Å². The molecule has 19 heavy (non-hydrogen) atoms. The second-order valence-corrected chi connectivity index (χ2v) is 4.45. The second kappa shape index (κ2) is 4.77. The number of benzene rings is 1. The molecule has 0 saturated carbocycles. The number of nitro benzene ring substituents is 1. The van der Waals surface area contributed by atoms with Crippen molar-refractivity contribution in [1.29, 1.82) is 0 Å². The Morgan fingerprint density at radius 2 is 2.00 bits per heavy atom. The van der Waals surface area contributed by atoms with Gasteiger partial charge in [-0.3, -0.25) is 10.1 Å². The lowest BCUT2D eigenvalue weighted by molar-refractivity contribution is -0.384. The van der Waals surface area contributed by atoms with E-state index >= 15 is 0 Å². The van der Waals surface area contributed by atoms with Crippen LogP contribution in [0.5, 0.6) is 0 Å². The van der Waals surface area contributed by atoms with E-state index in [9.17, 15) is 15.2 Å². The van der Waals surface area contributed by atoms with Gasteiger partial charge in [-0.15, -0.1) is 5.10 Å². The average molecular weight is 262 g/mol. The molecule has 0 aliphatic heterocycles. The number of hydrogen-bond acceptors (Lipinski definition) is 5. The van der Waals surface area contributed by atoms with Crippen LogP contribution < -0.4 is 0 Å². The van der Waals surface area contributed by atoms with E-state index in [4.69, 9.17) is 0 Å². The van der Waals surface area contributed by atoms with Crippen molar-refractivity contribution in [2.45, 2.75) is 26.9 Å². The van der Waals surface area contributed by atoms with Gasteiger partial charge in [-0.05, 0) is 38.0 Å². The van der Waals surface area contributed by atoms with Crippen molar-refractivity contribution in [1.82, 2.24) is 15.0 Å². The Balaban J connectivity index is 2.59. The summed E-state index contributed by atoms with van der Waals surface area (Å²) in [5.41, 5.74) is 2.44. The third-order valence-electron chi connectivity index (χ3n) is 2.97. The van der Waals surface area contributed by atoms with Crippen LogP contribution in [0.4, 0.5) is 5.69 Å². The van der Waals surface area contributed by atoms with Crippen LogP contribution in [0, 0.1) is 24.0 Å². The van der Waals surface area contributed by atoms with Crippen LogP contribution in [0.2, 0.25) is 0 Å². The molecule has 1 N–H and O–H groups in total. The third kappa shape index (κ3) is 2.45. The van der Waals surface area contributed by atoms with Crippen LogP contribution in [0.15, 0.2) is 18.3 Å². The Labute approximate surface area is 109 Å². The van der Waals surface area contributed by atoms with Crippen molar-refractivity contribution in [3.63, 3.8) is 0 Å². The van der Waals surface area contributed by atoms with Gasteiger partial charge in [-0.2, -0.15) is 0 Å². The Kier molecular flexibility index (Phi) is 3.30. The molecule has 1 aromatic carbocycles. The van der Waals surface area contributed by atoms with Crippen molar-refractivity contribution in [2.24, 2.45) is 0 Å². The maximum atomic E-state index is 11.1. The molecule has 1 unspecified atom stereocenters. The standard InChI is InChI=1S/C12H14N4O3/c1-7-4-11(12(16(18)19)5-8(7)2)15-6-10(9(3)17)13-14-15/h4-6,9,17H,1-3H3. The lowest BCUT2D eigenvalue weighted by atomic mass is 10.1. The highest BCUT2D eigenvalue weighted by Gasteiger charge is 2.19. The predicted molar refractivity (Wildman–Crippen MR) is 68.1 cm³/mol. The summed E-state index contributed by atoms with van der Waals surface area (Å²) in [7, 11) is 0. The molecule has 7 nitrogen and oxygen atoms in total. The molecule has 1 atom stereocenters. The number of aromatic nitrogens is 3. The third-order valence-corrected chi connectivity index (χ3v) is 2.97. The summed E-state index contributed by atoms with van der Waals surface area (Å²) >= 11 is 0. The normalized spacial score (nSPS) is 12.4. The molecule has 2 aromatic rings. The number of aliphatic hydroxyl groups excluding tert-OH is 1. The molecule has 0 radical (unpaired) electrons. The van der Waals surface area contributed by atoms with Gasteiger partial charge in [0, 0.05) is 6.07 Å². The predicted octanol–water partition coefficient (Wildman–Crippen LogP) is 1.85. The molecule has 0 saturated heterocycles. The zero-order valence-electron chi connectivity index (χ0n) is 10.9. The molecule has 7 heteroatoms. The van der Waals surface area contributed by atoms with Crippen molar-refractivity contribution < 1.29 is 10.0 Å². The summed E-state index contributed by atoms with van der Waals surface area (Å²) in [6, 6.07) is 3.20. The lowest BCUT2D eigenvalue weighted by Gasteiger charge is -2.06. The SMILES string of the molecule is Cc1cc(-n2cc(C(C)O)nn2)c([N+](=O)[O-])cc1C. The van der Waals surface area contributed by atoms with Crippen molar-refractivity contribution in [3.8, 4) is 5.69 Å². The molecule has 100 valence electrons. The van der Waals surface area contributed by atoms with Gasteiger partial charge >= 0.3 is 0 Å². The fourth-order valence-corrected chi connectivity index (χ4v) is 1.70. The van der Waals surface area contributed by atoms with Gasteiger partial charge < -0.3 is 5.11 Å².